The van der Waals surface area contributed by atoms with E-state index in [9.17, 15) is 9.59 Å². The predicted octanol–water partition coefficient (Wildman–Crippen LogP) is 1.47. The van der Waals surface area contributed by atoms with Crippen LogP contribution in [-0.4, -0.2) is 26.9 Å². The van der Waals surface area contributed by atoms with E-state index in [1.807, 2.05) is 0 Å². The SMILES string of the molecule is CC(=O)SCC#Cc1nc(C(=O)O)cs1. The van der Waals surface area contributed by atoms with Gasteiger partial charge in [-0.05, 0) is 5.92 Å². The number of thioether (sulfide) groups is 1. The fourth-order valence-corrected chi connectivity index (χ4v) is 1.69. The van der Waals surface area contributed by atoms with Crippen LogP contribution in [0.4, 0.5) is 0 Å². The second-order valence-corrected chi connectivity index (χ2v) is 4.44. The highest BCUT2D eigenvalue weighted by atomic mass is 32.2. The molecule has 78 valence electrons. The first kappa shape index (κ1) is 11.8. The van der Waals surface area contributed by atoms with Crippen molar-refractivity contribution < 1.29 is 14.7 Å². The van der Waals surface area contributed by atoms with Gasteiger partial charge in [-0.1, -0.05) is 17.7 Å². The van der Waals surface area contributed by atoms with Gasteiger partial charge in [0.25, 0.3) is 0 Å². The average Bonchev–Trinajstić information content (AvgIpc) is 2.60. The number of carbonyl (C=O) groups excluding carboxylic acids is 1. The first-order chi connectivity index (χ1) is 7.09. The van der Waals surface area contributed by atoms with E-state index in [0.29, 0.717) is 10.8 Å². The minimum absolute atomic E-state index is 0.00326. The Labute approximate surface area is 94.7 Å². The Morgan fingerprint density at radius 3 is 2.93 bits per heavy atom. The third kappa shape index (κ3) is 4.14. The van der Waals surface area contributed by atoms with E-state index in [-0.39, 0.29) is 10.8 Å². The summed E-state index contributed by atoms with van der Waals surface area (Å²) in [5.74, 6) is 4.77. The largest absolute Gasteiger partial charge is 0.476 e. The smallest absolute Gasteiger partial charge is 0.355 e. The molecule has 6 heteroatoms. The number of hydrogen-bond acceptors (Lipinski definition) is 5. The summed E-state index contributed by atoms with van der Waals surface area (Å²) >= 11 is 2.29. The molecule has 1 aromatic rings. The molecule has 0 bridgehead atoms. The molecule has 0 aromatic carbocycles. The molecular formula is C9H7NO3S2. The standard InChI is InChI=1S/C9H7NO3S2/c1-6(11)14-4-2-3-8-10-7(5-15-8)9(12)13/h5H,4H2,1H3,(H,12,13). The lowest BCUT2D eigenvalue weighted by molar-refractivity contribution is -0.109. The third-order valence-corrected chi connectivity index (χ3v) is 2.72. The van der Waals surface area contributed by atoms with Gasteiger partial charge in [0.15, 0.2) is 15.8 Å². The van der Waals surface area contributed by atoms with Crippen molar-refractivity contribution in [2.75, 3.05) is 5.75 Å². The Bertz CT molecular complexity index is 442. The van der Waals surface area contributed by atoms with Gasteiger partial charge < -0.3 is 5.11 Å². The molecule has 15 heavy (non-hydrogen) atoms. The molecule has 0 aliphatic carbocycles. The number of carboxylic acid groups (broad SMARTS) is 1. The molecule has 0 spiro atoms. The molecular weight excluding hydrogens is 234 g/mol. The molecule has 0 fully saturated rings. The second kappa shape index (κ2) is 5.53. The highest BCUT2D eigenvalue weighted by Crippen LogP contribution is 2.08. The topological polar surface area (TPSA) is 67.3 Å². The van der Waals surface area contributed by atoms with Crippen LogP contribution < -0.4 is 0 Å². The molecule has 1 rings (SSSR count). The molecule has 0 radical (unpaired) electrons. The molecule has 0 aliphatic heterocycles. The number of aromatic nitrogens is 1. The van der Waals surface area contributed by atoms with Crippen LogP contribution in [0, 0.1) is 11.8 Å². The first-order valence-corrected chi connectivity index (χ1v) is 5.77. The molecule has 0 amide bonds. The van der Waals surface area contributed by atoms with Crippen LogP contribution in [-0.2, 0) is 4.79 Å². The van der Waals surface area contributed by atoms with E-state index < -0.39 is 5.97 Å². The fraction of sp³-hybridized carbons (Fsp3) is 0.222. The van der Waals surface area contributed by atoms with E-state index in [1.165, 1.54) is 23.6 Å². The van der Waals surface area contributed by atoms with Crippen molar-refractivity contribution in [3.63, 3.8) is 0 Å². The van der Waals surface area contributed by atoms with Crippen LogP contribution in [0.1, 0.15) is 22.4 Å². The van der Waals surface area contributed by atoms with Gasteiger partial charge in [-0.25, -0.2) is 9.78 Å². The lowest BCUT2D eigenvalue weighted by Crippen LogP contribution is -1.95. The first-order valence-electron chi connectivity index (χ1n) is 3.90. The summed E-state index contributed by atoms with van der Waals surface area (Å²) in [5.41, 5.74) is 0.00326. The van der Waals surface area contributed by atoms with Crippen molar-refractivity contribution >= 4 is 34.2 Å². The lowest BCUT2D eigenvalue weighted by atomic mass is 10.5. The summed E-state index contributed by atoms with van der Waals surface area (Å²) in [6, 6.07) is 0. The number of rotatable bonds is 2. The van der Waals surface area contributed by atoms with Crippen molar-refractivity contribution in [1.29, 1.82) is 0 Å². The molecule has 1 N–H and O–H groups in total. The minimum Gasteiger partial charge on any atom is -0.476 e. The monoisotopic (exact) mass is 241 g/mol. The second-order valence-electron chi connectivity index (χ2n) is 2.43. The minimum atomic E-state index is -1.06. The quantitative estimate of drug-likeness (QED) is 0.794. The van der Waals surface area contributed by atoms with Crippen molar-refractivity contribution in [3.05, 3.63) is 16.1 Å². The number of thiazole rings is 1. The van der Waals surface area contributed by atoms with Gasteiger partial charge in [0, 0.05) is 12.3 Å². The zero-order valence-corrected chi connectivity index (χ0v) is 9.44. The fourth-order valence-electron chi connectivity index (χ4n) is 0.679. The van der Waals surface area contributed by atoms with Crippen LogP contribution in [0.15, 0.2) is 5.38 Å². The van der Waals surface area contributed by atoms with Crippen LogP contribution in [0.2, 0.25) is 0 Å². The molecule has 0 atom stereocenters. The highest BCUT2D eigenvalue weighted by molar-refractivity contribution is 8.13. The Balaban J connectivity index is 2.56. The normalized spacial score (nSPS) is 9.13. The van der Waals surface area contributed by atoms with Crippen molar-refractivity contribution in [1.82, 2.24) is 4.98 Å². The van der Waals surface area contributed by atoms with Crippen molar-refractivity contribution in [2.45, 2.75) is 6.92 Å². The molecule has 0 saturated carbocycles. The summed E-state index contributed by atoms with van der Waals surface area (Å²) < 4.78 is 0. The van der Waals surface area contributed by atoms with Crippen LogP contribution in [0.25, 0.3) is 0 Å². The maximum atomic E-state index is 10.6. The van der Waals surface area contributed by atoms with Gasteiger partial charge in [-0.15, -0.1) is 11.3 Å². The zero-order chi connectivity index (χ0) is 11.3. The van der Waals surface area contributed by atoms with Crippen LogP contribution in [0.3, 0.4) is 0 Å². The Hall–Kier alpha value is -1.32. The van der Waals surface area contributed by atoms with E-state index in [1.54, 1.807) is 0 Å². The van der Waals surface area contributed by atoms with Gasteiger partial charge in [0.2, 0.25) is 0 Å². The lowest BCUT2D eigenvalue weighted by Gasteiger charge is -1.83. The molecule has 1 aromatic heterocycles. The maximum absolute atomic E-state index is 10.6. The van der Waals surface area contributed by atoms with Crippen molar-refractivity contribution in [3.8, 4) is 11.8 Å². The Morgan fingerprint density at radius 2 is 2.40 bits per heavy atom. The van der Waals surface area contributed by atoms with Gasteiger partial charge in [0.1, 0.15) is 0 Å². The van der Waals surface area contributed by atoms with E-state index in [2.05, 4.69) is 16.8 Å². The summed E-state index contributed by atoms with van der Waals surface area (Å²) in [4.78, 5) is 24.8. The maximum Gasteiger partial charge on any atom is 0.355 e. The van der Waals surface area contributed by atoms with E-state index >= 15 is 0 Å². The molecule has 1 heterocycles. The molecule has 0 aliphatic rings. The van der Waals surface area contributed by atoms with Gasteiger partial charge in [0.05, 0.1) is 5.75 Å². The van der Waals surface area contributed by atoms with Crippen LogP contribution >= 0.6 is 23.1 Å². The van der Waals surface area contributed by atoms with E-state index in [0.717, 1.165) is 11.8 Å². The summed E-state index contributed by atoms with van der Waals surface area (Å²) in [6.07, 6.45) is 0. The summed E-state index contributed by atoms with van der Waals surface area (Å²) in [5, 5.41) is 10.5. The van der Waals surface area contributed by atoms with Gasteiger partial charge >= 0.3 is 5.97 Å². The molecule has 0 saturated heterocycles. The number of carboxylic acids is 1. The predicted molar refractivity (Wildman–Crippen MR) is 59.1 cm³/mol. The number of hydrogen-bond donors (Lipinski definition) is 1. The number of nitrogens with zero attached hydrogens (tertiary/aromatic N) is 1. The molecule has 4 nitrogen and oxygen atoms in total. The van der Waals surface area contributed by atoms with Gasteiger partial charge in [-0.2, -0.15) is 0 Å². The summed E-state index contributed by atoms with van der Waals surface area (Å²) in [7, 11) is 0. The number of aromatic carboxylic acids is 1. The van der Waals surface area contributed by atoms with Gasteiger partial charge in [-0.3, -0.25) is 4.79 Å². The third-order valence-electron chi connectivity index (χ3n) is 1.27. The highest BCUT2D eigenvalue weighted by Gasteiger charge is 2.06. The summed E-state index contributed by atoms with van der Waals surface area (Å²) in [6.45, 7) is 1.47. The molecule has 0 unspecified atom stereocenters. The Kier molecular flexibility index (Phi) is 4.34. The average molecular weight is 241 g/mol. The van der Waals surface area contributed by atoms with E-state index in [4.69, 9.17) is 5.11 Å². The van der Waals surface area contributed by atoms with Crippen molar-refractivity contribution in [2.24, 2.45) is 0 Å². The number of carbonyl (C=O) groups is 2. The Morgan fingerprint density at radius 1 is 1.67 bits per heavy atom. The zero-order valence-electron chi connectivity index (χ0n) is 7.81. The van der Waals surface area contributed by atoms with Crippen LogP contribution in [0.5, 0.6) is 0 Å².